The third-order valence-electron chi connectivity index (χ3n) is 2.57. The predicted molar refractivity (Wildman–Crippen MR) is 49.5 cm³/mol. The first-order valence-corrected chi connectivity index (χ1v) is 4.81. The Morgan fingerprint density at radius 3 is 2.73 bits per heavy atom. The number of nitrogens with one attached hydrogen (secondary N) is 1. The quantitative estimate of drug-likeness (QED) is 0.717. The SMILES string of the molecule is FC1(F)Oc2cc3c(cc2O1)NCCC3. The van der Waals surface area contributed by atoms with Crippen molar-refractivity contribution in [2.75, 3.05) is 11.9 Å². The van der Waals surface area contributed by atoms with Crippen LogP contribution in [0, 0.1) is 0 Å². The molecular formula is C10H9F2NO2. The van der Waals surface area contributed by atoms with Crippen molar-refractivity contribution in [3.05, 3.63) is 17.7 Å². The van der Waals surface area contributed by atoms with Gasteiger partial charge in [-0.15, -0.1) is 8.78 Å². The van der Waals surface area contributed by atoms with Crippen molar-refractivity contribution >= 4 is 5.69 Å². The van der Waals surface area contributed by atoms with Gasteiger partial charge in [-0.1, -0.05) is 0 Å². The average Bonchev–Trinajstić information content (AvgIpc) is 2.46. The molecule has 0 radical (unpaired) electrons. The summed E-state index contributed by atoms with van der Waals surface area (Å²) in [6.07, 6.45) is -1.64. The summed E-state index contributed by atoms with van der Waals surface area (Å²) >= 11 is 0. The van der Waals surface area contributed by atoms with Gasteiger partial charge >= 0.3 is 6.29 Å². The van der Waals surface area contributed by atoms with Gasteiger partial charge in [-0.05, 0) is 24.5 Å². The summed E-state index contributed by atoms with van der Waals surface area (Å²) in [5.74, 6) is 0.232. The second-order valence-corrected chi connectivity index (χ2v) is 3.65. The molecule has 0 aromatic heterocycles. The van der Waals surface area contributed by atoms with Gasteiger partial charge < -0.3 is 14.8 Å². The molecule has 1 N–H and O–H groups in total. The van der Waals surface area contributed by atoms with Crippen molar-refractivity contribution < 1.29 is 18.3 Å². The van der Waals surface area contributed by atoms with Crippen molar-refractivity contribution in [3.63, 3.8) is 0 Å². The van der Waals surface area contributed by atoms with Crippen molar-refractivity contribution in [3.8, 4) is 11.5 Å². The van der Waals surface area contributed by atoms with E-state index in [-0.39, 0.29) is 11.5 Å². The molecule has 3 nitrogen and oxygen atoms in total. The van der Waals surface area contributed by atoms with E-state index in [2.05, 4.69) is 14.8 Å². The van der Waals surface area contributed by atoms with Crippen molar-refractivity contribution in [2.45, 2.75) is 19.1 Å². The van der Waals surface area contributed by atoms with Gasteiger partial charge in [0.15, 0.2) is 11.5 Å². The Balaban J connectivity index is 2.05. The molecule has 0 saturated carbocycles. The summed E-state index contributed by atoms with van der Waals surface area (Å²) in [7, 11) is 0. The van der Waals surface area contributed by atoms with Gasteiger partial charge in [-0.2, -0.15) is 0 Å². The van der Waals surface area contributed by atoms with Crippen LogP contribution >= 0.6 is 0 Å². The summed E-state index contributed by atoms with van der Waals surface area (Å²) < 4.78 is 34.3. The fourth-order valence-corrected chi connectivity index (χ4v) is 1.91. The Morgan fingerprint density at radius 1 is 1.20 bits per heavy atom. The van der Waals surface area contributed by atoms with Gasteiger partial charge in [0, 0.05) is 18.3 Å². The molecule has 2 heterocycles. The molecule has 0 fully saturated rings. The number of aryl methyl sites for hydroxylation is 1. The Bertz CT molecular complexity index is 383. The number of alkyl halides is 2. The van der Waals surface area contributed by atoms with E-state index in [4.69, 9.17) is 0 Å². The van der Waals surface area contributed by atoms with Crippen LogP contribution in [0.2, 0.25) is 0 Å². The Kier molecular flexibility index (Phi) is 1.60. The Hall–Kier alpha value is -1.52. The molecule has 15 heavy (non-hydrogen) atoms. The molecule has 0 amide bonds. The number of hydrogen-bond acceptors (Lipinski definition) is 3. The van der Waals surface area contributed by atoms with E-state index in [1.54, 1.807) is 12.1 Å². The minimum atomic E-state index is -3.52. The largest absolute Gasteiger partial charge is 0.586 e. The highest BCUT2D eigenvalue weighted by Crippen LogP contribution is 2.44. The monoisotopic (exact) mass is 213 g/mol. The molecule has 80 valence electrons. The molecule has 0 saturated heterocycles. The number of rotatable bonds is 0. The van der Waals surface area contributed by atoms with Crippen LogP contribution in [0.5, 0.6) is 11.5 Å². The molecule has 3 rings (SSSR count). The number of hydrogen-bond donors (Lipinski definition) is 1. The molecule has 0 bridgehead atoms. The number of anilines is 1. The summed E-state index contributed by atoms with van der Waals surface area (Å²) in [6, 6.07) is 3.20. The average molecular weight is 213 g/mol. The maximum absolute atomic E-state index is 12.8. The number of halogens is 2. The van der Waals surface area contributed by atoms with Crippen LogP contribution in [0.15, 0.2) is 12.1 Å². The zero-order valence-electron chi connectivity index (χ0n) is 7.85. The third kappa shape index (κ3) is 1.38. The lowest BCUT2D eigenvalue weighted by Gasteiger charge is -2.17. The van der Waals surface area contributed by atoms with Crippen LogP contribution in [0.4, 0.5) is 14.5 Å². The maximum atomic E-state index is 12.8. The highest BCUT2D eigenvalue weighted by Gasteiger charge is 2.43. The topological polar surface area (TPSA) is 30.5 Å². The Morgan fingerprint density at radius 2 is 1.93 bits per heavy atom. The van der Waals surface area contributed by atoms with E-state index < -0.39 is 6.29 Å². The standard InChI is InChI=1S/C10H9F2NO2/c11-10(12)14-8-4-6-2-1-3-13-7(6)5-9(8)15-10/h4-5,13H,1-3H2. The third-order valence-corrected chi connectivity index (χ3v) is 2.57. The highest BCUT2D eigenvalue weighted by molar-refractivity contribution is 5.62. The highest BCUT2D eigenvalue weighted by atomic mass is 19.3. The van der Waals surface area contributed by atoms with Crippen LogP contribution in [0.1, 0.15) is 12.0 Å². The normalized spacial score (nSPS) is 20.7. The first kappa shape index (κ1) is 8.76. The van der Waals surface area contributed by atoms with Crippen LogP contribution < -0.4 is 14.8 Å². The summed E-state index contributed by atoms with van der Waals surface area (Å²) in [5.41, 5.74) is 1.86. The zero-order valence-corrected chi connectivity index (χ0v) is 7.85. The van der Waals surface area contributed by atoms with E-state index in [0.29, 0.717) is 0 Å². The first-order valence-electron chi connectivity index (χ1n) is 4.81. The summed E-state index contributed by atoms with van der Waals surface area (Å²) in [4.78, 5) is 0. The van der Waals surface area contributed by atoms with Gasteiger partial charge in [0.25, 0.3) is 0 Å². The molecule has 1 aromatic rings. The van der Waals surface area contributed by atoms with Crippen molar-refractivity contribution in [1.29, 1.82) is 0 Å². The second-order valence-electron chi connectivity index (χ2n) is 3.65. The number of benzene rings is 1. The molecule has 5 heteroatoms. The molecule has 1 aromatic carbocycles. The molecule has 0 spiro atoms. The minimum Gasteiger partial charge on any atom is -0.395 e. The molecule has 2 aliphatic heterocycles. The van der Waals surface area contributed by atoms with E-state index in [9.17, 15) is 8.78 Å². The molecule has 0 aliphatic carbocycles. The fourth-order valence-electron chi connectivity index (χ4n) is 1.91. The van der Waals surface area contributed by atoms with Crippen molar-refractivity contribution in [2.24, 2.45) is 0 Å². The lowest BCUT2D eigenvalue weighted by atomic mass is 10.0. The van der Waals surface area contributed by atoms with Crippen LogP contribution in [0.3, 0.4) is 0 Å². The Labute approximate surface area is 85.0 Å². The summed E-state index contributed by atoms with van der Waals surface area (Å²) in [6.45, 7) is 0.864. The van der Waals surface area contributed by atoms with Gasteiger partial charge in [0.1, 0.15) is 0 Å². The smallest absolute Gasteiger partial charge is 0.395 e. The zero-order chi connectivity index (χ0) is 10.5. The maximum Gasteiger partial charge on any atom is 0.586 e. The first-order chi connectivity index (χ1) is 7.14. The van der Waals surface area contributed by atoms with Crippen LogP contribution in [-0.4, -0.2) is 12.8 Å². The van der Waals surface area contributed by atoms with Gasteiger partial charge in [0.2, 0.25) is 0 Å². The van der Waals surface area contributed by atoms with E-state index >= 15 is 0 Å². The lowest BCUT2D eigenvalue weighted by Crippen LogP contribution is -2.25. The summed E-state index contributed by atoms with van der Waals surface area (Å²) in [5, 5.41) is 3.14. The van der Waals surface area contributed by atoms with E-state index in [1.807, 2.05) is 0 Å². The van der Waals surface area contributed by atoms with Gasteiger partial charge in [-0.3, -0.25) is 0 Å². The van der Waals surface area contributed by atoms with Crippen molar-refractivity contribution in [1.82, 2.24) is 0 Å². The van der Waals surface area contributed by atoms with E-state index in [1.165, 1.54) is 0 Å². The predicted octanol–water partition coefficient (Wildman–Crippen LogP) is 2.37. The van der Waals surface area contributed by atoms with Crippen LogP contribution in [0.25, 0.3) is 0 Å². The fraction of sp³-hybridized carbons (Fsp3) is 0.400. The van der Waals surface area contributed by atoms with Crippen LogP contribution in [-0.2, 0) is 6.42 Å². The number of ether oxygens (including phenoxy) is 2. The molecule has 2 aliphatic rings. The molecule has 0 atom stereocenters. The molecular weight excluding hydrogens is 204 g/mol. The van der Waals surface area contributed by atoms with Gasteiger partial charge in [-0.25, -0.2) is 0 Å². The molecule has 0 unspecified atom stereocenters. The lowest BCUT2D eigenvalue weighted by molar-refractivity contribution is -0.286. The second kappa shape index (κ2) is 2.74. The van der Waals surface area contributed by atoms with E-state index in [0.717, 1.165) is 30.6 Å². The minimum absolute atomic E-state index is 0.105. The van der Waals surface area contributed by atoms with Gasteiger partial charge in [0.05, 0.1) is 0 Å². The number of fused-ring (bicyclic) bond motifs is 2.